The molecular formula is H4O4Si3. The Balaban J connectivity index is 2.25. The highest BCUT2D eigenvalue weighted by Gasteiger charge is 2.14. The predicted octanol–water partition coefficient (Wildman–Crippen LogP) is -2.54. The van der Waals surface area contributed by atoms with Crippen molar-refractivity contribution < 1.29 is 16.8 Å². The zero-order valence-corrected chi connectivity index (χ0v) is 7.38. The molecule has 1 saturated heterocycles. The first kappa shape index (κ1) is 5.15. The van der Waals surface area contributed by atoms with Gasteiger partial charge >= 0.3 is 29.2 Å². The Hall–Kier alpha value is 0.0106. The molecule has 0 spiro atoms. The Kier molecular flexibility index (Phi) is 1.73. The van der Waals surface area contributed by atoms with Crippen LogP contribution in [0.3, 0.4) is 0 Å². The van der Waals surface area contributed by atoms with E-state index in [0.29, 0.717) is 0 Å². The van der Waals surface area contributed by atoms with Gasteiger partial charge in [0, 0.05) is 0 Å². The van der Waals surface area contributed by atoms with E-state index in [-0.39, 0.29) is 0 Å². The van der Waals surface area contributed by atoms with E-state index >= 15 is 0 Å². The summed E-state index contributed by atoms with van der Waals surface area (Å²) >= 11 is 0. The van der Waals surface area contributed by atoms with Crippen molar-refractivity contribution in [2.24, 2.45) is 0 Å². The first-order valence-electron chi connectivity index (χ1n) is 1.77. The van der Waals surface area contributed by atoms with Gasteiger partial charge < -0.3 is 12.3 Å². The number of hydrogen-bond acceptors (Lipinski definition) is 4. The summed E-state index contributed by atoms with van der Waals surface area (Å²) in [6.07, 6.45) is 0. The molecular weight excluding hydrogens is 148 g/mol. The molecule has 0 radical (unpaired) electrons. The van der Waals surface area contributed by atoms with Crippen LogP contribution in [0, 0.1) is 0 Å². The molecule has 0 aliphatic carbocycles. The van der Waals surface area contributed by atoms with Crippen LogP contribution in [-0.2, 0) is 16.8 Å². The SMILES string of the molecule is O=[Si]1O[SiH2]O[SiH2]O1. The van der Waals surface area contributed by atoms with Crippen molar-refractivity contribution >= 4 is 29.2 Å². The molecule has 1 rings (SSSR count). The van der Waals surface area contributed by atoms with Gasteiger partial charge in [-0.1, -0.05) is 0 Å². The van der Waals surface area contributed by atoms with Crippen molar-refractivity contribution in [3.8, 4) is 0 Å². The fourth-order valence-electron chi connectivity index (χ4n) is 0.255. The van der Waals surface area contributed by atoms with Crippen LogP contribution in [0.4, 0.5) is 0 Å². The van der Waals surface area contributed by atoms with Crippen LogP contribution < -0.4 is 0 Å². The third kappa shape index (κ3) is 1.51. The average molecular weight is 152 g/mol. The molecule has 1 heterocycles. The number of rotatable bonds is 0. The van der Waals surface area contributed by atoms with E-state index in [2.05, 4.69) is 8.23 Å². The van der Waals surface area contributed by atoms with E-state index in [1.54, 1.807) is 0 Å². The van der Waals surface area contributed by atoms with E-state index in [1.165, 1.54) is 0 Å². The molecule has 7 heteroatoms. The summed E-state index contributed by atoms with van der Waals surface area (Å²) < 4.78 is 24.1. The van der Waals surface area contributed by atoms with Crippen molar-refractivity contribution in [1.82, 2.24) is 0 Å². The normalized spacial score (nSPS) is 27.1. The Morgan fingerprint density at radius 3 is 2.14 bits per heavy atom. The van der Waals surface area contributed by atoms with Crippen molar-refractivity contribution in [2.45, 2.75) is 0 Å². The minimum atomic E-state index is -2.04. The lowest BCUT2D eigenvalue weighted by molar-refractivity contribution is 0.282. The molecule has 40 valence electrons. The molecule has 1 fully saturated rings. The van der Waals surface area contributed by atoms with Gasteiger partial charge in [-0.2, -0.15) is 0 Å². The molecule has 1 aliphatic heterocycles. The van der Waals surface area contributed by atoms with Gasteiger partial charge in [0.2, 0.25) is 0 Å². The van der Waals surface area contributed by atoms with Gasteiger partial charge in [-0.25, -0.2) is 0 Å². The van der Waals surface area contributed by atoms with Crippen LogP contribution in [0.25, 0.3) is 0 Å². The summed E-state index contributed by atoms with van der Waals surface area (Å²) in [6, 6.07) is 0. The monoisotopic (exact) mass is 152 g/mol. The van der Waals surface area contributed by atoms with E-state index in [1.807, 2.05) is 0 Å². The topological polar surface area (TPSA) is 44.8 Å². The smallest absolute Gasteiger partial charge is 0.535 e. The average Bonchev–Trinajstić information content (AvgIpc) is 1.69. The lowest BCUT2D eigenvalue weighted by atomic mass is 15.7. The molecule has 0 N–H and O–H groups in total. The van der Waals surface area contributed by atoms with Crippen molar-refractivity contribution in [3.05, 3.63) is 0 Å². The first-order valence-corrected chi connectivity index (χ1v) is 5.30. The van der Waals surface area contributed by atoms with Gasteiger partial charge in [-0.15, -0.1) is 0 Å². The zero-order chi connectivity index (χ0) is 5.11. The summed E-state index contributed by atoms with van der Waals surface area (Å²) in [7, 11) is -3.78. The molecule has 1 aliphatic rings. The van der Waals surface area contributed by atoms with Crippen LogP contribution in [-0.4, -0.2) is 29.2 Å². The van der Waals surface area contributed by atoms with Gasteiger partial charge in [0.15, 0.2) is 0 Å². The second-order valence-electron chi connectivity index (χ2n) is 0.979. The quantitative estimate of drug-likeness (QED) is 0.359. The highest BCUT2D eigenvalue weighted by Crippen LogP contribution is 1.83. The minimum absolute atomic E-state index is 0.869. The maximum absolute atomic E-state index is 10.2. The van der Waals surface area contributed by atoms with Crippen molar-refractivity contribution in [2.75, 3.05) is 0 Å². The lowest BCUT2D eigenvalue weighted by Gasteiger charge is -2.10. The third-order valence-electron chi connectivity index (χ3n) is 0.520. The second-order valence-corrected chi connectivity index (χ2v) is 5.89. The molecule has 0 bridgehead atoms. The fourth-order valence-corrected chi connectivity index (χ4v) is 4.55. The Bertz CT molecular complexity index is 71.0. The van der Waals surface area contributed by atoms with Gasteiger partial charge in [-0.05, 0) is 0 Å². The fraction of sp³-hybridized carbons (Fsp3) is 0. The lowest BCUT2D eigenvalue weighted by Crippen LogP contribution is -2.28. The maximum Gasteiger partial charge on any atom is 0.738 e. The Labute approximate surface area is 46.8 Å². The van der Waals surface area contributed by atoms with E-state index < -0.39 is 29.2 Å². The van der Waals surface area contributed by atoms with Gasteiger partial charge in [0.05, 0.1) is 0 Å². The van der Waals surface area contributed by atoms with Gasteiger partial charge in [-0.3, -0.25) is 4.46 Å². The molecule has 7 heavy (non-hydrogen) atoms. The molecule has 4 nitrogen and oxygen atoms in total. The van der Waals surface area contributed by atoms with E-state index in [0.717, 1.165) is 0 Å². The Morgan fingerprint density at radius 1 is 1.29 bits per heavy atom. The van der Waals surface area contributed by atoms with Gasteiger partial charge in [0.25, 0.3) is 0 Å². The van der Waals surface area contributed by atoms with E-state index in [9.17, 15) is 4.46 Å². The van der Waals surface area contributed by atoms with Crippen LogP contribution in [0.1, 0.15) is 0 Å². The summed E-state index contributed by atoms with van der Waals surface area (Å²) in [5.74, 6) is 0. The van der Waals surface area contributed by atoms with Crippen LogP contribution in [0.15, 0.2) is 0 Å². The van der Waals surface area contributed by atoms with Crippen molar-refractivity contribution in [3.63, 3.8) is 0 Å². The molecule has 0 aromatic carbocycles. The second kappa shape index (κ2) is 2.35. The highest BCUT2D eigenvalue weighted by molar-refractivity contribution is 6.52. The third-order valence-corrected chi connectivity index (χ3v) is 4.68. The van der Waals surface area contributed by atoms with Crippen LogP contribution >= 0.6 is 0 Å². The molecule has 0 aromatic heterocycles. The molecule has 0 aromatic rings. The van der Waals surface area contributed by atoms with Crippen molar-refractivity contribution in [1.29, 1.82) is 0 Å². The minimum Gasteiger partial charge on any atom is -0.535 e. The molecule has 0 saturated carbocycles. The van der Waals surface area contributed by atoms with Crippen LogP contribution in [0.2, 0.25) is 0 Å². The standard InChI is InChI=1S/H4O4Si3/c1-7-3-5-2-6-4-7/h5-6H2. The molecule has 0 atom stereocenters. The first-order chi connectivity index (χ1) is 3.39. The predicted molar refractivity (Wildman–Crippen MR) is 26.8 cm³/mol. The van der Waals surface area contributed by atoms with E-state index in [4.69, 9.17) is 4.12 Å². The largest absolute Gasteiger partial charge is 0.738 e. The number of hydrogen-bond donors (Lipinski definition) is 0. The van der Waals surface area contributed by atoms with Gasteiger partial charge in [0.1, 0.15) is 0 Å². The summed E-state index contributed by atoms with van der Waals surface area (Å²) in [6.45, 7) is 0. The maximum atomic E-state index is 10.2. The Morgan fingerprint density at radius 2 is 1.86 bits per heavy atom. The van der Waals surface area contributed by atoms with Crippen LogP contribution in [0.5, 0.6) is 0 Å². The molecule has 0 amide bonds. The zero-order valence-electron chi connectivity index (χ0n) is 3.55. The summed E-state index contributed by atoms with van der Waals surface area (Å²) in [5.41, 5.74) is 0. The molecule has 0 unspecified atom stereocenters. The summed E-state index contributed by atoms with van der Waals surface area (Å²) in [5, 5.41) is 0. The highest BCUT2D eigenvalue weighted by atomic mass is 28.4. The summed E-state index contributed by atoms with van der Waals surface area (Å²) in [4.78, 5) is 0.